The lowest BCUT2D eigenvalue weighted by atomic mass is 10.0. The largest absolute Gasteiger partial charge is 0.444 e. The fourth-order valence-electron chi connectivity index (χ4n) is 1.82. The molecule has 0 heterocycles. The van der Waals surface area contributed by atoms with Crippen LogP contribution in [-0.2, 0) is 4.74 Å². The average Bonchev–Trinajstić information content (AvgIpc) is 2.42. The van der Waals surface area contributed by atoms with Crippen molar-refractivity contribution in [1.29, 1.82) is 0 Å². The lowest BCUT2D eigenvalue weighted by Gasteiger charge is -2.23. The zero-order valence-electron chi connectivity index (χ0n) is 13.8. The minimum atomic E-state index is -1.12. The van der Waals surface area contributed by atoms with E-state index in [1.165, 1.54) is 0 Å². The first-order chi connectivity index (χ1) is 10.1. The number of nitrogens with zero attached hydrogens (tertiary/aromatic N) is 1. The van der Waals surface area contributed by atoms with Crippen LogP contribution in [-0.4, -0.2) is 48.7 Å². The van der Waals surface area contributed by atoms with E-state index in [4.69, 9.17) is 4.74 Å². The van der Waals surface area contributed by atoms with Crippen molar-refractivity contribution >= 4 is 11.8 Å². The number of ether oxygens (including phenoxy) is 1. The predicted molar refractivity (Wildman–Crippen MR) is 86.0 cm³/mol. The van der Waals surface area contributed by atoms with Gasteiger partial charge in [-0.05, 0) is 38.5 Å². The van der Waals surface area contributed by atoms with Crippen molar-refractivity contribution in [2.45, 2.75) is 38.6 Å². The maximum absolute atomic E-state index is 11.5. The Morgan fingerprint density at radius 2 is 1.95 bits per heavy atom. The van der Waals surface area contributed by atoms with Gasteiger partial charge in [0, 0.05) is 26.3 Å². The number of amides is 1. The summed E-state index contributed by atoms with van der Waals surface area (Å²) < 4.78 is 5.07. The smallest absolute Gasteiger partial charge is 0.407 e. The van der Waals surface area contributed by atoms with Gasteiger partial charge in [-0.3, -0.25) is 0 Å². The number of rotatable bonds is 5. The topological polar surface area (TPSA) is 82.0 Å². The molecule has 6 nitrogen and oxygen atoms in total. The van der Waals surface area contributed by atoms with Crippen molar-refractivity contribution in [1.82, 2.24) is 5.32 Å². The number of nitrogens with one attached hydrogen (secondary N) is 1. The van der Waals surface area contributed by atoms with Crippen LogP contribution in [0.2, 0.25) is 0 Å². The summed E-state index contributed by atoms with van der Waals surface area (Å²) in [4.78, 5) is 13.4. The summed E-state index contributed by atoms with van der Waals surface area (Å²) >= 11 is 0. The predicted octanol–water partition coefficient (Wildman–Crippen LogP) is 1.67. The number of carbonyl (C=O) groups is 1. The molecule has 0 aromatic heterocycles. The quantitative estimate of drug-likeness (QED) is 0.771. The fourth-order valence-corrected chi connectivity index (χ4v) is 1.82. The molecule has 1 aromatic rings. The van der Waals surface area contributed by atoms with Gasteiger partial charge >= 0.3 is 6.09 Å². The second kappa shape index (κ2) is 7.47. The molecule has 0 bridgehead atoms. The molecule has 1 amide bonds. The highest BCUT2D eigenvalue weighted by Crippen LogP contribution is 2.21. The molecule has 0 radical (unpaired) electrons. The molecule has 2 unspecified atom stereocenters. The molecule has 0 spiro atoms. The fraction of sp³-hybridized carbons (Fsp3) is 0.562. The molecule has 0 aliphatic carbocycles. The molecule has 3 N–H and O–H groups in total. The van der Waals surface area contributed by atoms with Crippen molar-refractivity contribution in [2.24, 2.45) is 0 Å². The van der Waals surface area contributed by atoms with Crippen LogP contribution >= 0.6 is 0 Å². The molecule has 6 heteroatoms. The highest BCUT2D eigenvalue weighted by molar-refractivity contribution is 5.67. The Morgan fingerprint density at radius 3 is 2.50 bits per heavy atom. The first-order valence-electron chi connectivity index (χ1n) is 7.20. The maximum Gasteiger partial charge on any atom is 0.407 e. The molecule has 2 atom stereocenters. The van der Waals surface area contributed by atoms with Crippen molar-refractivity contribution in [3.8, 4) is 0 Å². The highest BCUT2D eigenvalue weighted by Gasteiger charge is 2.21. The second-order valence-corrected chi connectivity index (χ2v) is 6.38. The van der Waals surface area contributed by atoms with Gasteiger partial charge in [-0.2, -0.15) is 0 Å². The van der Waals surface area contributed by atoms with E-state index >= 15 is 0 Å². The zero-order valence-corrected chi connectivity index (χ0v) is 13.8. The first-order valence-corrected chi connectivity index (χ1v) is 7.20. The van der Waals surface area contributed by atoms with Gasteiger partial charge in [0.25, 0.3) is 0 Å². The van der Waals surface area contributed by atoms with Crippen molar-refractivity contribution in [3.05, 3.63) is 29.8 Å². The molecule has 0 aliphatic heterocycles. The summed E-state index contributed by atoms with van der Waals surface area (Å²) in [5.41, 5.74) is 0.904. The molecule has 0 aliphatic rings. The maximum atomic E-state index is 11.5. The number of hydrogen-bond donors (Lipinski definition) is 3. The van der Waals surface area contributed by atoms with Crippen LogP contribution in [0.25, 0.3) is 0 Å². The number of aliphatic hydroxyl groups excluding tert-OH is 2. The molecule has 124 valence electrons. The third-order valence-corrected chi connectivity index (χ3v) is 2.95. The van der Waals surface area contributed by atoms with Crippen LogP contribution in [0.5, 0.6) is 0 Å². The van der Waals surface area contributed by atoms with Crippen molar-refractivity contribution in [3.63, 3.8) is 0 Å². The minimum absolute atomic E-state index is 0.0950. The number of carbonyl (C=O) groups excluding carboxylic acids is 1. The van der Waals surface area contributed by atoms with E-state index in [9.17, 15) is 15.0 Å². The third-order valence-electron chi connectivity index (χ3n) is 2.95. The lowest BCUT2D eigenvalue weighted by molar-refractivity contribution is 0.0129. The lowest BCUT2D eigenvalue weighted by Crippen LogP contribution is -2.38. The summed E-state index contributed by atoms with van der Waals surface area (Å²) in [6.45, 7) is 5.17. The first kappa shape index (κ1) is 18.3. The van der Waals surface area contributed by atoms with E-state index in [2.05, 4.69) is 5.32 Å². The van der Waals surface area contributed by atoms with Gasteiger partial charge in [0.05, 0.1) is 0 Å². The van der Waals surface area contributed by atoms with E-state index in [1.807, 2.05) is 31.1 Å². The van der Waals surface area contributed by atoms with Gasteiger partial charge < -0.3 is 25.2 Å². The molecular formula is C16H26N2O4. The molecular weight excluding hydrogens is 284 g/mol. The molecule has 0 saturated carbocycles. The second-order valence-electron chi connectivity index (χ2n) is 6.38. The number of hydrogen-bond acceptors (Lipinski definition) is 5. The van der Waals surface area contributed by atoms with Gasteiger partial charge in [0.15, 0.2) is 0 Å². The van der Waals surface area contributed by atoms with E-state index in [1.54, 1.807) is 32.9 Å². The number of anilines is 1. The Bertz CT molecular complexity index is 497. The Labute approximate surface area is 131 Å². The van der Waals surface area contributed by atoms with Crippen LogP contribution < -0.4 is 10.2 Å². The summed E-state index contributed by atoms with van der Waals surface area (Å²) in [5, 5.41) is 22.6. The van der Waals surface area contributed by atoms with E-state index < -0.39 is 23.9 Å². The highest BCUT2D eigenvalue weighted by atomic mass is 16.6. The molecule has 0 saturated heterocycles. The molecule has 22 heavy (non-hydrogen) atoms. The Balaban J connectivity index is 2.60. The average molecular weight is 310 g/mol. The van der Waals surface area contributed by atoms with Gasteiger partial charge in [0.2, 0.25) is 0 Å². The van der Waals surface area contributed by atoms with Crippen LogP contribution in [0.15, 0.2) is 24.3 Å². The Morgan fingerprint density at radius 1 is 1.32 bits per heavy atom. The van der Waals surface area contributed by atoms with Crippen LogP contribution in [0.3, 0.4) is 0 Å². The number of benzene rings is 1. The van der Waals surface area contributed by atoms with Crippen LogP contribution in [0.1, 0.15) is 32.4 Å². The van der Waals surface area contributed by atoms with Crippen molar-refractivity contribution in [2.75, 3.05) is 25.5 Å². The summed E-state index contributed by atoms with van der Waals surface area (Å²) in [7, 11) is 3.79. The summed E-state index contributed by atoms with van der Waals surface area (Å²) in [6.07, 6.45) is -2.83. The Hall–Kier alpha value is -1.79. The van der Waals surface area contributed by atoms with E-state index in [0.29, 0.717) is 5.56 Å². The number of aliphatic hydroxyl groups is 2. The van der Waals surface area contributed by atoms with Gasteiger partial charge in [-0.15, -0.1) is 0 Å². The van der Waals surface area contributed by atoms with E-state index in [0.717, 1.165) is 5.69 Å². The molecule has 1 aromatic carbocycles. The minimum Gasteiger partial charge on any atom is -0.444 e. The summed E-state index contributed by atoms with van der Waals surface area (Å²) in [6, 6.07) is 7.24. The SMILES string of the molecule is CN(C)c1cccc(C(O)C(O)CNC(=O)OC(C)(C)C)c1. The van der Waals surface area contributed by atoms with Gasteiger partial charge in [-0.1, -0.05) is 12.1 Å². The molecule has 1 rings (SSSR count). The van der Waals surface area contributed by atoms with Gasteiger partial charge in [0.1, 0.15) is 17.8 Å². The normalized spacial score (nSPS) is 14.1. The summed E-state index contributed by atoms with van der Waals surface area (Å²) in [5.74, 6) is 0. The monoisotopic (exact) mass is 310 g/mol. The molecule has 0 fully saturated rings. The van der Waals surface area contributed by atoms with Crippen LogP contribution in [0.4, 0.5) is 10.5 Å². The third kappa shape index (κ3) is 5.91. The standard InChI is InChI=1S/C16H26N2O4/c1-16(2,3)22-15(21)17-10-13(19)14(20)11-7-6-8-12(9-11)18(4)5/h6-9,13-14,19-20H,10H2,1-5H3,(H,17,21). The van der Waals surface area contributed by atoms with Crippen molar-refractivity contribution < 1.29 is 19.7 Å². The van der Waals surface area contributed by atoms with Gasteiger partial charge in [-0.25, -0.2) is 4.79 Å². The van der Waals surface area contributed by atoms with Crippen LogP contribution in [0, 0.1) is 0 Å². The van der Waals surface area contributed by atoms with E-state index in [-0.39, 0.29) is 6.54 Å². The Kier molecular flexibility index (Phi) is 6.20. The zero-order chi connectivity index (χ0) is 16.9. The number of alkyl carbamates (subject to hydrolysis) is 1.